The molecule has 2 aliphatic rings. The van der Waals surface area contributed by atoms with Gasteiger partial charge < -0.3 is 19.6 Å². The maximum Gasteiger partial charge on any atom is 0.261 e. The van der Waals surface area contributed by atoms with Crippen LogP contribution in [0.2, 0.25) is 0 Å². The lowest BCUT2D eigenvalue weighted by Gasteiger charge is -2.38. The second-order valence-electron chi connectivity index (χ2n) is 10.1. The van der Waals surface area contributed by atoms with Gasteiger partial charge in [0.1, 0.15) is 17.7 Å². The number of anilines is 1. The summed E-state index contributed by atoms with van der Waals surface area (Å²) in [6, 6.07) is 8.67. The molecule has 1 heterocycles. The Morgan fingerprint density at radius 2 is 1.89 bits per heavy atom. The molecule has 0 saturated heterocycles. The number of likely N-dealkylation sites (N-methyl/N-ethyl adjacent to an activating group) is 1. The van der Waals surface area contributed by atoms with Gasteiger partial charge >= 0.3 is 0 Å². The summed E-state index contributed by atoms with van der Waals surface area (Å²) in [7, 11) is -1.92. The van der Waals surface area contributed by atoms with Crippen molar-refractivity contribution in [2.45, 2.75) is 43.7 Å². The summed E-state index contributed by atoms with van der Waals surface area (Å²) < 4.78 is 47.7. The third-order valence-electron chi connectivity index (χ3n) is 6.80. The predicted molar refractivity (Wildman–Crippen MR) is 135 cm³/mol. The molecule has 10 heteroatoms. The molecule has 1 aliphatic heterocycles. The predicted octanol–water partition coefficient (Wildman–Crippen LogP) is 3.19. The minimum atomic E-state index is -4.00. The largest absolute Gasteiger partial charge is 0.488 e. The van der Waals surface area contributed by atoms with Gasteiger partial charge in [-0.3, -0.25) is 9.52 Å². The topological polar surface area (TPSA) is 99.2 Å². The number of nitrogens with one attached hydrogen (secondary N) is 1. The molecular formula is C26H34FN3O5S. The summed E-state index contributed by atoms with van der Waals surface area (Å²) in [5, 5.41) is 9.82. The van der Waals surface area contributed by atoms with E-state index in [-0.39, 0.29) is 40.7 Å². The van der Waals surface area contributed by atoms with Gasteiger partial charge in [-0.2, -0.15) is 0 Å². The molecule has 0 bridgehead atoms. The van der Waals surface area contributed by atoms with Crippen LogP contribution in [0.4, 0.5) is 10.1 Å². The second-order valence-corrected chi connectivity index (χ2v) is 11.7. The lowest BCUT2D eigenvalue weighted by Crippen LogP contribution is -2.50. The number of amides is 1. The first-order valence-corrected chi connectivity index (χ1v) is 13.7. The number of aliphatic hydroxyl groups is 1. The number of sulfonamides is 1. The molecule has 1 fully saturated rings. The van der Waals surface area contributed by atoms with Crippen molar-refractivity contribution >= 4 is 21.6 Å². The van der Waals surface area contributed by atoms with E-state index in [2.05, 4.69) is 16.7 Å². The lowest BCUT2D eigenvalue weighted by molar-refractivity contribution is 0.0344. The molecule has 0 spiro atoms. The van der Waals surface area contributed by atoms with E-state index in [4.69, 9.17) is 4.74 Å². The van der Waals surface area contributed by atoms with Gasteiger partial charge in [0.25, 0.3) is 15.9 Å². The average molecular weight is 520 g/mol. The van der Waals surface area contributed by atoms with Gasteiger partial charge in [-0.25, -0.2) is 12.8 Å². The van der Waals surface area contributed by atoms with Crippen LogP contribution in [-0.2, 0) is 10.0 Å². The molecular weight excluding hydrogens is 485 g/mol. The van der Waals surface area contributed by atoms with Crippen LogP contribution in [0.3, 0.4) is 0 Å². The van der Waals surface area contributed by atoms with Crippen LogP contribution in [0.5, 0.6) is 5.75 Å². The van der Waals surface area contributed by atoms with Crippen LogP contribution in [-0.4, -0.2) is 74.7 Å². The molecule has 2 aromatic carbocycles. The number of carbonyl (C=O) groups excluding carboxylic acids is 1. The highest BCUT2D eigenvalue weighted by molar-refractivity contribution is 7.92. The van der Waals surface area contributed by atoms with Gasteiger partial charge in [0.2, 0.25) is 0 Å². The number of hydrogen-bond acceptors (Lipinski definition) is 6. The quantitative estimate of drug-likeness (QED) is 0.528. The van der Waals surface area contributed by atoms with Gasteiger partial charge in [-0.1, -0.05) is 6.92 Å². The van der Waals surface area contributed by atoms with Crippen molar-refractivity contribution in [2.24, 2.45) is 11.8 Å². The number of rotatable bonds is 9. The van der Waals surface area contributed by atoms with Crippen LogP contribution >= 0.6 is 0 Å². The molecule has 2 aromatic rings. The molecule has 1 saturated carbocycles. The Balaban J connectivity index is 1.64. The van der Waals surface area contributed by atoms with Crippen LogP contribution in [0.15, 0.2) is 47.4 Å². The molecule has 0 unspecified atom stereocenters. The van der Waals surface area contributed by atoms with E-state index in [9.17, 15) is 22.7 Å². The molecule has 196 valence electrons. The van der Waals surface area contributed by atoms with E-state index >= 15 is 0 Å². The zero-order chi connectivity index (χ0) is 26.0. The maximum absolute atomic E-state index is 13.5. The van der Waals surface area contributed by atoms with Crippen LogP contribution in [0, 0.1) is 17.7 Å². The highest BCUT2D eigenvalue weighted by Gasteiger charge is 2.34. The average Bonchev–Trinajstić information content (AvgIpc) is 3.65. The third-order valence-corrected chi connectivity index (χ3v) is 8.20. The Hall–Kier alpha value is -2.69. The first-order chi connectivity index (χ1) is 17.1. The second kappa shape index (κ2) is 10.7. The van der Waals surface area contributed by atoms with Crippen LogP contribution in [0.1, 0.15) is 37.0 Å². The molecule has 36 heavy (non-hydrogen) atoms. The van der Waals surface area contributed by atoms with E-state index in [1.807, 2.05) is 6.92 Å². The first kappa shape index (κ1) is 26.4. The highest BCUT2D eigenvalue weighted by atomic mass is 32.2. The normalized spacial score (nSPS) is 21.4. The Kier molecular flexibility index (Phi) is 7.87. The zero-order valence-corrected chi connectivity index (χ0v) is 21.7. The fraction of sp³-hybridized carbons (Fsp3) is 0.500. The number of ether oxygens (including phenoxy) is 1. The van der Waals surface area contributed by atoms with Gasteiger partial charge in [0.05, 0.1) is 23.1 Å². The summed E-state index contributed by atoms with van der Waals surface area (Å²) in [4.78, 5) is 17.3. The standard InChI is InChI=1S/C26H34FN3O5S/c1-17-13-30(18(2)16-31)26(32)23-12-21(28-36(33,34)22-9-6-20(27)7-10-22)8-11-24(23)35-25(17)15-29(3)14-19-4-5-19/h6-12,17-19,25,28,31H,4-5,13-16H2,1-3H3/t17-,18-,25-/m0/s1. The number of fused-ring (bicyclic) bond motifs is 1. The third kappa shape index (κ3) is 6.16. The van der Waals surface area contributed by atoms with E-state index in [1.54, 1.807) is 24.0 Å². The Morgan fingerprint density at radius 1 is 1.19 bits per heavy atom. The van der Waals surface area contributed by atoms with E-state index in [0.717, 1.165) is 24.6 Å². The number of hydrogen-bond donors (Lipinski definition) is 2. The minimum absolute atomic E-state index is 0.00871. The Labute approximate surface area is 212 Å². The fourth-order valence-corrected chi connectivity index (χ4v) is 5.50. The summed E-state index contributed by atoms with van der Waals surface area (Å²) in [6.45, 7) is 5.70. The number of aliphatic hydroxyl groups excluding tert-OH is 1. The van der Waals surface area contributed by atoms with Crippen LogP contribution < -0.4 is 9.46 Å². The van der Waals surface area contributed by atoms with Crippen molar-refractivity contribution in [3.8, 4) is 5.75 Å². The Bertz CT molecular complexity index is 1190. The van der Waals surface area contributed by atoms with Crippen molar-refractivity contribution in [1.29, 1.82) is 0 Å². The molecule has 1 aliphatic carbocycles. The monoisotopic (exact) mass is 519 g/mol. The van der Waals surface area contributed by atoms with Crippen LogP contribution in [0.25, 0.3) is 0 Å². The van der Waals surface area contributed by atoms with E-state index in [1.165, 1.54) is 31.0 Å². The van der Waals surface area contributed by atoms with Gasteiger partial charge in [0.15, 0.2) is 0 Å². The molecule has 1 amide bonds. The summed E-state index contributed by atoms with van der Waals surface area (Å²) in [5.41, 5.74) is 0.402. The fourth-order valence-electron chi connectivity index (χ4n) is 4.45. The Morgan fingerprint density at radius 3 is 2.53 bits per heavy atom. The SMILES string of the molecule is C[C@H]1CN([C@@H](C)CO)C(=O)c2cc(NS(=O)(=O)c3ccc(F)cc3)ccc2O[C@H]1CN(C)CC1CC1. The number of nitrogens with zero attached hydrogens (tertiary/aromatic N) is 2. The van der Waals surface area contributed by atoms with Crippen molar-refractivity contribution in [1.82, 2.24) is 9.80 Å². The van der Waals surface area contributed by atoms with Gasteiger partial charge in [0, 0.05) is 31.2 Å². The van der Waals surface area contributed by atoms with Gasteiger partial charge in [-0.15, -0.1) is 0 Å². The number of benzene rings is 2. The molecule has 0 aromatic heterocycles. The van der Waals surface area contributed by atoms with Crippen molar-refractivity contribution in [3.63, 3.8) is 0 Å². The molecule has 0 radical (unpaired) electrons. The summed E-state index contributed by atoms with van der Waals surface area (Å²) in [6.07, 6.45) is 2.30. The van der Waals surface area contributed by atoms with E-state index < -0.39 is 21.9 Å². The molecule has 3 atom stereocenters. The number of halogens is 1. The first-order valence-electron chi connectivity index (χ1n) is 12.3. The van der Waals surface area contributed by atoms with Crippen molar-refractivity contribution in [3.05, 3.63) is 53.8 Å². The van der Waals surface area contributed by atoms with E-state index in [0.29, 0.717) is 18.8 Å². The zero-order valence-electron chi connectivity index (χ0n) is 20.9. The highest BCUT2D eigenvalue weighted by Crippen LogP contribution is 2.33. The molecule has 8 nitrogen and oxygen atoms in total. The summed E-state index contributed by atoms with van der Waals surface area (Å²) >= 11 is 0. The van der Waals surface area contributed by atoms with Crippen molar-refractivity contribution in [2.75, 3.05) is 38.0 Å². The maximum atomic E-state index is 13.5. The van der Waals surface area contributed by atoms with Crippen molar-refractivity contribution < 1.29 is 27.4 Å². The minimum Gasteiger partial charge on any atom is -0.488 e. The number of carbonyl (C=O) groups is 1. The summed E-state index contributed by atoms with van der Waals surface area (Å²) in [5.74, 6) is 0.231. The molecule has 2 N–H and O–H groups in total. The van der Waals surface area contributed by atoms with Gasteiger partial charge in [-0.05, 0) is 75.2 Å². The smallest absolute Gasteiger partial charge is 0.261 e. The molecule has 4 rings (SSSR count). The lowest BCUT2D eigenvalue weighted by atomic mass is 9.99.